The molecular formula is C24H17NO4. The summed E-state index contributed by atoms with van der Waals surface area (Å²) in [6.07, 6.45) is 3.54. The molecule has 0 fully saturated rings. The van der Waals surface area contributed by atoms with Crippen LogP contribution in [0, 0.1) is 0 Å². The number of fused-ring (bicyclic) bond motifs is 3. The van der Waals surface area contributed by atoms with Crippen molar-refractivity contribution in [1.29, 1.82) is 0 Å². The monoisotopic (exact) mass is 383 g/mol. The number of hydrogen-bond acceptors (Lipinski definition) is 5. The average Bonchev–Trinajstić information content (AvgIpc) is 3.30. The predicted molar refractivity (Wildman–Crippen MR) is 109 cm³/mol. The number of ether oxygens (including phenoxy) is 3. The second-order valence-corrected chi connectivity index (χ2v) is 6.70. The van der Waals surface area contributed by atoms with Gasteiger partial charge in [-0.15, -0.1) is 0 Å². The first kappa shape index (κ1) is 17.3. The standard InChI is InChI=1S/C24H17NO4/c1-27-14-9-10-17(20(12-14)28-2)21-13-19(24(26)29-21)22-15-6-3-4-7-16(15)23-18(22)8-5-11-25-23/h3-13H,1-2H3. The van der Waals surface area contributed by atoms with E-state index in [-0.39, 0.29) is 5.97 Å². The summed E-state index contributed by atoms with van der Waals surface area (Å²) in [5.41, 5.74) is 5.85. The molecule has 0 saturated carbocycles. The van der Waals surface area contributed by atoms with Gasteiger partial charge in [-0.3, -0.25) is 4.98 Å². The van der Waals surface area contributed by atoms with Gasteiger partial charge in [-0.2, -0.15) is 0 Å². The number of nitrogens with zero attached hydrogens (tertiary/aromatic N) is 1. The van der Waals surface area contributed by atoms with Crippen LogP contribution >= 0.6 is 0 Å². The Bertz CT molecular complexity index is 1180. The normalized spacial score (nSPS) is 16.8. The van der Waals surface area contributed by atoms with Crippen molar-refractivity contribution in [1.82, 2.24) is 4.98 Å². The summed E-state index contributed by atoms with van der Waals surface area (Å²) < 4.78 is 16.4. The molecule has 0 atom stereocenters. The van der Waals surface area contributed by atoms with E-state index in [1.165, 1.54) is 0 Å². The minimum atomic E-state index is -0.389. The van der Waals surface area contributed by atoms with Crippen molar-refractivity contribution in [3.8, 4) is 22.8 Å². The van der Waals surface area contributed by atoms with Gasteiger partial charge in [0.05, 0.1) is 31.1 Å². The molecule has 1 aliphatic heterocycles. The maximum Gasteiger partial charge on any atom is 0.344 e. The van der Waals surface area contributed by atoms with Gasteiger partial charge in [0.1, 0.15) is 17.3 Å². The van der Waals surface area contributed by atoms with E-state index < -0.39 is 0 Å². The highest BCUT2D eigenvalue weighted by atomic mass is 16.5. The predicted octanol–water partition coefficient (Wildman–Crippen LogP) is 4.48. The molecule has 0 bridgehead atoms. The lowest BCUT2D eigenvalue weighted by Gasteiger charge is -2.10. The van der Waals surface area contributed by atoms with E-state index in [1.807, 2.05) is 48.5 Å². The minimum Gasteiger partial charge on any atom is -0.497 e. The largest absolute Gasteiger partial charge is 0.497 e. The van der Waals surface area contributed by atoms with Crippen LogP contribution in [0.4, 0.5) is 0 Å². The Kier molecular flexibility index (Phi) is 3.95. The molecule has 0 saturated heterocycles. The fraction of sp³-hybridized carbons (Fsp3) is 0.0833. The van der Waals surface area contributed by atoms with Gasteiger partial charge < -0.3 is 14.2 Å². The smallest absolute Gasteiger partial charge is 0.344 e. The van der Waals surface area contributed by atoms with Crippen molar-refractivity contribution in [3.05, 3.63) is 89.1 Å². The maximum absolute atomic E-state index is 12.9. The van der Waals surface area contributed by atoms with Crippen molar-refractivity contribution < 1.29 is 19.0 Å². The molecule has 0 N–H and O–H groups in total. The Balaban J connectivity index is 1.71. The molecule has 0 amide bonds. The Morgan fingerprint density at radius 1 is 0.862 bits per heavy atom. The second-order valence-electron chi connectivity index (χ2n) is 6.70. The maximum atomic E-state index is 12.9. The molecule has 5 rings (SSSR count). The fourth-order valence-electron chi connectivity index (χ4n) is 3.85. The molecule has 5 heteroatoms. The van der Waals surface area contributed by atoms with E-state index in [0.717, 1.165) is 28.0 Å². The van der Waals surface area contributed by atoms with Gasteiger partial charge in [-0.1, -0.05) is 30.3 Å². The van der Waals surface area contributed by atoms with Gasteiger partial charge in [0, 0.05) is 29.0 Å². The molecule has 29 heavy (non-hydrogen) atoms. The molecule has 5 nitrogen and oxygen atoms in total. The van der Waals surface area contributed by atoms with Crippen molar-refractivity contribution in [2.24, 2.45) is 0 Å². The van der Waals surface area contributed by atoms with Gasteiger partial charge in [0.25, 0.3) is 0 Å². The van der Waals surface area contributed by atoms with Gasteiger partial charge in [0.2, 0.25) is 0 Å². The van der Waals surface area contributed by atoms with Crippen molar-refractivity contribution in [3.63, 3.8) is 0 Å². The number of benzene rings is 2. The summed E-state index contributed by atoms with van der Waals surface area (Å²) in [6.45, 7) is 0. The summed E-state index contributed by atoms with van der Waals surface area (Å²) in [6, 6.07) is 17.2. The van der Waals surface area contributed by atoms with Gasteiger partial charge in [-0.25, -0.2) is 4.79 Å². The van der Waals surface area contributed by atoms with E-state index in [1.54, 1.807) is 32.6 Å². The lowest BCUT2D eigenvalue weighted by molar-refractivity contribution is -0.130. The Labute approximate surface area is 167 Å². The number of rotatable bonds is 3. The molecule has 2 heterocycles. The molecule has 1 aliphatic carbocycles. The highest BCUT2D eigenvalue weighted by Gasteiger charge is 2.33. The summed E-state index contributed by atoms with van der Waals surface area (Å²) in [5.74, 6) is 1.30. The van der Waals surface area contributed by atoms with E-state index in [0.29, 0.717) is 28.4 Å². The number of carbonyl (C=O) groups is 1. The zero-order valence-corrected chi connectivity index (χ0v) is 15.9. The van der Waals surface area contributed by atoms with Crippen LogP contribution in [0.25, 0.3) is 22.6 Å². The molecule has 1 aromatic heterocycles. The quantitative estimate of drug-likeness (QED) is 0.386. The minimum absolute atomic E-state index is 0.389. The van der Waals surface area contributed by atoms with Crippen LogP contribution in [0.2, 0.25) is 0 Å². The number of hydrogen-bond donors (Lipinski definition) is 0. The van der Waals surface area contributed by atoms with Crippen molar-refractivity contribution in [2.45, 2.75) is 0 Å². The number of carbonyl (C=O) groups excluding carboxylic acids is 1. The number of aromatic nitrogens is 1. The molecule has 2 aromatic carbocycles. The van der Waals surface area contributed by atoms with Crippen LogP contribution in [0.15, 0.2) is 72.4 Å². The van der Waals surface area contributed by atoms with E-state index in [9.17, 15) is 4.79 Å². The van der Waals surface area contributed by atoms with Gasteiger partial charge in [0.15, 0.2) is 0 Å². The zero-order valence-electron chi connectivity index (χ0n) is 15.9. The Morgan fingerprint density at radius 3 is 2.45 bits per heavy atom. The van der Waals surface area contributed by atoms with Crippen LogP contribution < -0.4 is 9.47 Å². The van der Waals surface area contributed by atoms with Gasteiger partial charge in [-0.05, 0) is 29.8 Å². The molecule has 2 aliphatic rings. The SMILES string of the molecule is COc1ccc(C2=CC(=C3c4ccccc4-c4ncccc43)C(=O)O2)c(OC)c1. The highest BCUT2D eigenvalue weighted by Crippen LogP contribution is 2.46. The number of methoxy groups -OCH3 is 2. The van der Waals surface area contributed by atoms with Crippen molar-refractivity contribution in [2.75, 3.05) is 14.2 Å². The third-order valence-corrected chi connectivity index (χ3v) is 5.17. The summed E-state index contributed by atoms with van der Waals surface area (Å²) in [5, 5.41) is 0. The van der Waals surface area contributed by atoms with E-state index in [2.05, 4.69) is 4.98 Å². The lowest BCUT2D eigenvalue weighted by atomic mass is 9.98. The first-order valence-corrected chi connectivity index (χ1v) is 9.17. The molecule has 142 valence electrons. The summed E-state index contributed by atoms with van der Waals surface area (Å²) in [4.78, 5) is 17.4. The average molecular weight is 383 g/mol. The van der Waals surface area contributed by atoms with E-state index in [4.69, 9.17) is 14.2 Å². The van der Waals surface area contributed by atoms with Crippen LogP contribution in [-0.2, 0) is 9.53 Å². The number of cyclic esters (lactones) is 1. The summed E-state index contributed by atoms with van der Waals surface area (Å²) in [7, 11) is 3.17. The molecule has 0 radical (unpaired) electrons. The first-order valence-electron chi connectivity index (χ1n) is 9.17. The molecule has 0 unspecified atom stereocenters. The molecule has 0 spiro atoms. The lowest BCUT2D eigenvalue weighted by Crippen LogP contribution is -2.01. The Morgan fingerprint density at radius 2 is 1.66 bits per heavy atom. The van der Waals surface area contributed by atoms with Crippen LogP contribution in [0.1, 0.15) is 16.7 Å². The first-order chi connectivity index (χ1) is 14.2. The number of esters is 1. The van der Waals surface area contributed by atoms with Crippen LogP contribution in [0.3, 0.4) is 0 Å². The third kappa shape index (κ3) is 2.63. The third-order valence-electron chi connectivity index (χ3n) is 5.17. The summed E-state index contributed by atoms with van der Waals surface area (Å²) >= 11 is 0. The van der Waals surface area contributed by atoms with Crippen LogP contribution in [-0.4, -0.2) is 25.2 Å². The second kappa shape index (κ2) is 6.63. The zero-order chi connectivity index (χ0) is 20.0. The fourth-order valence-corrected chi connectivity index (χ4v) is 3.85. The Hall–Kier alpha value is -3.86. The number of pyridine rings is 1. The highest BCUT2D eigenvalue weighted by molar-refractivity contribution is 6.14. The van der Waals surface area contributed by atoms with Gasteiger partial charge >= 0.3 is 5.97 Å². The molecule has 3 aromatic rings. The van der Waals surface area contributed by atoms with Crippen molar-refractivity contribution >= 4 is 17.3 Å². The van der Waals surface area contributed by atoms with Crippen LogP contribution in [0.5, 0.6) is 11.5 Å². The van der Waals surface area contributed by atoms with E-state index >= 15 is 0 Å². The molecular weight excluding hydrogens is 366 g/mol. The topological polar surface area (TPSA) is 57.7 Å².